The zero-order valence-corrected chi connectivity index (χ0v) is 12.3. The highest BCUT2D eigenvalue weighted by atomic mass is 32.1. The Morgan fingerprint density at radius 1 is 1.43 bits per heavy atom. The first-order valence-electron chi connectivity index (χ1n) is 6.71. The van der Waals surface area contributed by atoms with E-state index in [-0.39, 0.29) is 18.5 Å². The van der Waals surface area contributed by atoms with Crippen LogP contribution in [0, 0.1) is 18.6 Å². The molecular formula is C15H14F2N2OS. The van der Waals surface area contributed by atoms with Gasteiger partial charge in [0.2, 0.25) is 0 Å². The Morgan fingerprint density at radius 3 is 2.76 bits per heavy atom. The van der Waals surface area contributed by atoms with Gasteiger partial charge in [0.05, 0.1) is 5.01 Å². The fourth-order valence-corrected chi connectivity index (χ4v) is 2.78. The number of amides is 1. The predicted molar refractivity (Wildman–Crippen MR) is 76.1 cm³/mol. The van der Waals surface area contributed by atoms with Crippen molar-refractivity contribution in [3.63, 3.8) is 0 Å². The fraction of sp³-hybridized carbons (Fsp3) is 0.333. The third kappa shape index (κ3) is 3.10. The highest BCUT2D eigenvalue weighted by Gasteiger charge is 2.34. The summed E-state index contributed by atoms with van der Waals surface area (Å²) in [6.07, 6.45) is 1.83. The number of carbonyl (C=O) groups excluding carboxylic acids is 1. The van der Waals surface area contributed by atoms with Crippen LogP contribution in [-0.4, -0.2) is 21.8 Å². The Hall–Kier alpha value is -1.82. The number of carbonyl (C=O) groups is 1. The molecule has 0 bridgehead atoms. The lowest BCUT2D eigenvalue weighted by atomic mass is 10.2. The Kier molecular flexibility index (Phi) is 3.71. The molecule has 0 N–H and O–H groups in total. The van der Waals surface area contributed by atoms with Crippen LogP contribution in [0.15, 0.2) is 23.6 Å². The van der Waals surface area contributed by atoms with Gasteiger partial charge in [0, 0.05) is 29.6 Å². The number of benzene rings is 1. The molecule has 6 heteroatoms. The van der Waals surface area contributed by atoms with Crippen LogP contribution in [0.2, 0.25) is 0 Å². The molecule has 1 saturated carbocycles. The van der Waals surface area contributed by atoms with E-state index < -0.39 is 11.6 Å². The average molecular weight is 308 g/mol. The second-order valence-electron chi connectivity index (χ2n) is 5.15. The summed E-state index contributed by atoms with van der Waals surface area (Å²) in [6, 6.07) is 3.57. The van der Waals surface area contributed by atoms with Crippen molar-refractivity contribution in [3.05, 3.63) is 51.5 Å². The van der Waals surface area contributed by atoms with E-state index in [9.17, 15) is 13.6 Å². The van der Waals surface area contributed by atoms with E-state index in [0.29, 0.717) is 11.3 Å². The van der Waals surface area contributed by atoms with Gasteiger partial charge >= 0.3 is 0 Å². The summed E-state index contributed by atoms with van der Waals surface area (Å²) in [7, 11) is 0. The van der Waals surface area contributed by atoms with Crippen molar-refractivity contribution in [2.75, 3.05) is 0 Å². The van der Waals surface area contributed by atoms with Crippen molar-refractivity contribution in [1.29, 1.82) is 0 Å². The fourth-order valence-electron chi connectivity index (χ4n) is 2.20. The van der Waals surface area contributed by atoms with Crippen LogP contribution < -0.4 is 0 Å². The molecule has 0 spiro atoms. The van der Waals surface area contributed by atoms with Crippen LogP contribution in [-0.2, 0) is 6.54 Å². The molecule has 21 heavy (non-hydrogen) atoms. The van der Waals surface area contributed by atoms with E-state index in [2.05, 4.69) is 4.98 Å². The van der Waals surface area contributed by atoms with E-state index >= 15 is 0 Å². The number of hydrogen-bond donors (Lipinski definition) is 0. The Balaban J connectivity index is 1.83. The van der Waals surface area contributed by atoms with Crippen LogP contribution in [0.4, 0.5) is 8.78 Å². The van der Waals surface area contributed by atoms with E-state index in [1.54, 1.807) is 10.3 Å². The summed E-state index contributed by atoms with van der Waals surface area (Å²) in [5.74, 6) is -1.43. The SMILES string of the molecule is Cc1nc(C(=O)N(Cc2ccc(F)cc2F)C2CC2)cs1. The molecule has 0 atom stereocenters. The molecule has 1 aromatic heterocycles. The zero-order chi connectivity index (χ0) is 15.0. The number of rotatable bonds is 4. The molecule has 2 aromatic rings. The van der Waals surface area contributed by atoms with Gasteiger partial charge < -0.3 is 4.90 Å². The van der Waals surface area contributed by atoms with Gasteiger partial charge in [-0.15, -0.1) is 11.3 Å². The molecule has 1 aliphatic carbocycles. The molecule has 1 aromatic carbocycles. The number of aromatic nitrogens is 1. The smallest absolute Gasteiger partial charge is 0.273 e. The summed E-state index contributed by atoms with van der Waals surface area (Å²) in [5, 5.41) is 2.54. The molecule has 0 saturated heterocycles. The van der Waals surface area contributed by atoms with Crippen molar-refractivity contribution >= 4 is 17.2 Å². The van der Waals surface area contributed by atoms with Crippen molar-refractivity contribution in [2.24, 2.45) is 0 Å². The zero-order valence-electron chi connectivity index (χ0n) is 11.5. The number of nitrogens with zero attached hydrogens (tertiary/aromatic N) is 2. The standard InChI is InChI=1S/C15H14F2N2OS/c1-9-18-14(8-21-9)15(20)19(12-4-5-12)7-10-2-3-11(16)6-13(10)17/h2-3,6,8,12H,4-5,7H2,1H3. The van der Waals surface area contributed by atoms with Gasteiger partial charge in [-0.25, -0.2) is 13.8 Å². The second kappa shape index (κ2) is 5.52. The molecule has 1 aliphatic rings. The van der Waals surface area contributed by atoms with Gasteiger partial charge in [0.25, 0.3) is 5.91 Å². The van der Waals surface area contributed by atoms with Crippen LogP contribution in [0.3, 0.4) is 0 Å². The minimum absolute atomic E-state index is 0.129. The van der Waals surface area contributed by atoms with Crippen molar-refractivity contribution in [1.82, 2.24) is 9.88 Å². The van der Waals surface area contributed by atoms with Crippen LogP contribution in [0.5, 0.6) is 0 Å². The van der Waals surface area contributed by atoms with Crippen molar-refractivity contribution < 1.29 is 13.6 Å². The van der Waals surface area contributed by atoms with Gasteiger partial charge in [-0.2, -0.15) is 0 Å². The number of hydrogen-bond acceptors (Lipinski definition) is 3. The highest BCUT2D eigenvalue weighted by Crippen LogP contribution is 2.30. The van der Waals surface area contributed by atoms with Crippen LogP contribution >= 0.6 is 11.3 Å². The first kappa shape index (κ1) is 14.1. The number of thiazole rings is 1. The lowest BCUT2D eigenvalue weighted by molar-refractivity contribution is 0.0723. The number of aryl methyl sites for hydroxylation is 1. The van der Waals surface area contributed by atoms with Gasteiger partial charge in [0.1, 0.15) is 17.3 Å². The van der Waals surface area contributed by atoms with Crippen molar-refractivity contribution in [2.45, 2.75) is 32.4 Å². The van der Waals surface area contributed by atoms with Gasteiger partial charge in [-0.05, 0) is 25.8 Å². The minimum Gasteiger partial charge on any atom is -0.330 e. The van der Waals surface area contributed by atoms with E-state index in [1.807, 2.05) is 6.92 Å². The second-order valence-corrected chi connectivity index (χ2v) is 6.21. The lowest BCUT2D eigenvalue weighted by Crippen LogP contribution is -2.33. The molecule has 3 rings (SSSR count). The van der Waals surface area contributed by atoms with E-state index in [0.717, 1.165) is 23.9 Å². The lowest BCUT2D eigenvalue weighted by Gasteiger charge is -2.22. The topological polar surface area (TPSA) is 33.2 Å². The molecule has 110 valence electrons. The maximum absolute atomic E-state index is 13.8. The first-order valence-corrected chi connectivity index (χ1v) is 7.59. The third-order valence-electron chi connectivity index (χ3n) is 3.44. The quantitative estimate of drug-likeness (QED) is 0.865. The molecule has 0 unspecified atom stereocenters. The first-order chi connectivity index (χ1) is 10.0. The molecule has 0 radical (unpaired) electrons. The molecule has 0 aliphatic heterocycles. The summed E-state index contributed by atoms with van der Waals surface area (Å²) < 4.78 is 26.7. The molecule has 1 heterocycles. The Morgan fingerprint density at radius 2 is 2.19 bits per heavy atom. The average Bonchev–Trinajstić information content (AvgIpc) is 3.18. The van der Waals surface area contributed by atoms with Gasteiger partial charge in [0.15, 0.2) is 0 Å². The van der Waals surface area contributed by atoms with Gasteiger partial charge in [-0.1, -0.05) is 6.07 Å². The molecular weight excluding hydrogens is 294 g/mol. The van der Waals surface area contributed by atoms with Crippen LogP contribution in [0.25, 0.3) is 0 Å². The highest BCUT2D eigenvalue weighted by molar-refractivity contribution is 7.09. The minimum atomic E-state index is -0.622. The normalized spacial score (nSPS) is 14.2. The summed E-state index contributed by atoms with van der Waals surface area (Å²) in [4.78, 5) is 18.3. The molecule has 3 nitrogen and oxygen atoms in total. The molecule has 1 amide bonds. The Labute approximate surface area is 125 Å². The monoisotopic (exact) mass is 308 g/mol. The van der Waals surface area contributed by atoms with E-state index in [1.165, 1.54) is 23.5 Å². The summed E-state index contributed by atoms with van der Waals surface area (Å²) >= 11 is 1.41. The molecule has 1 fully saturated rings. The maximum atomic E-state index is 13.8. The van der Waals surface area contributed by atoms with E-state index in [4.69, 9.17) is 0 Å². The van der Waals surface area contributed by atoms with Crippen molar-refractivity contribution in [3.8, 4) is 0 Å². The maximum Gasteiger partial charge on any atom is 0.273 e. The predicted octanol–water partition coefficient (Wildman–Crippen LogP) is 3.53. The van der Waals surface area contributed by atoms with Gasteiger partial charge in [-0.3, -0.25) is 4.79 Å². The van der Waals surface area contributed by atoms with Crippen LogP contribution in [0.1, 0.15) is 33.9 Å². The third-order valence-corrected chi connectivity index (χ3v) is 4.22. The summed E-state index contributed by atoms with van der Waals surface area (Å²) in [6.45, 7) is 1.98. The largest absolute Gasteiger partial charge is 0.330 e. The Bertz CT molecular complexity index is 682. The number of halogens is 2. The summed E-state index contributed by atoms with van der Waals surface area (Å²) in [5.41, 5.74) is 0.718.